The van der Waals surface area contributed by atoms with Gasteiger partial charge in [0.05, 0.1) is 6.04 Å². The molecule has 1 amide bonds. The summed E-state index contributed by atoms with van der Waals surface area (Å²) in [6, 6.07) is -0.419. The van der Waals surface area contributed by atoms with Crippen LogP contribution in [0.2, 0.25) is 0 Å². The molecule has 0 fully saturated rings. The lowest BCUT2D eigenvalue weighted by molar-refractivity contribution is -0.124. The molecule has 0 aromatic heterocycles. The normalized spacial score (nSPS) is 10.8. The molecule has 0 rings (SSSR count). The molecular formula is C8H16N2O2. The third-order valence-electron chi connectivity index (χ3n) is 1.24. The van der Waals surface area contributed by atoms with E-state index in [0.717, 1.165) is 0 Å². The van der Waals surface area contributed by atoms with E-state index in [9.17, 15) is 9.59 Å². The number of primary amides is 1. The molecule has 0 aliphatic carbocycles. The Morgan fingerprint density at radius 3 is 2.00 bits per heavy atom. The molecule has 0 heterocycles. The Morgan fingerprint density at radius 1 is 1.50 bits per heavy atom. The lowest BCUT2D eigenvalue weighted by Crippen LogP contribution is -2.36. The van der Waals surface area contributed by atoms with Crippen molar-refractivity contribution in [1.82, 2.24) is 5.32 Å². The molecule has 1 atom stereocenters. The number of nitrogens with one attached hydrogen (secondary N) is 1. The van der Waals surface area contributed by atoms with Crippen LogP contribution in [0.15, 0.2) is 13.2 Å². The monoisotopic (exact) mass is 172 g/mol. The minimum Gasteiger partial charge on any atom is -0.370 e. The van der Waals surface area contributed by atoms with Crippen LogP contribution in [0.3, 0.4) is 0 Å². The smallest absolute Gasteiger partial charge is 0.219 e. The van der Waals surface area contributed by atoms with E-state index in [0.29, 0.717) is 0 Å². The molecule has 1 unspecified atom stereocenters. The molecule has 0 bridgehead atoms. The maximum Gasteiger partial charge on any atom is 0.219 e. The Labute approximate surface area is 72.8 Å². The third-order valence-corrected chi connectivity index (χ3v) is 1.24. The highest BCUT2D eigenvalue weighted by atomic mass is 16.1. The second kappa shape index (κ2) is 7.94. The van der Waals surface area contributed by atoms with E-state index < -0.39 is 11.9 Å². The second-order valence-electron chi connectivity index (χ2n) is 2.12. The van der Waals surface area contributed by atoms with Crippen molar-refractivity contribution < 1.29 is 9.59 Å². The molecular weight excluding hydrogens is 156 g/mol. The van der Waals surface area contributed by atoms with E-state index in [1.165, 1.54) is 6.92 Å². The Kier molecular flexibility index (Phi) is 8.89. The Hall–Kier alpha value is -1.16. The average molecular weight is 172 g/mol. The van der Waals surface area contributed by atoms with E-state index in [-0.39, 0.29) is 12.2 Å². The zero-order valence-corrected chi connectivity index (χ0v) is 7.59. The molecule has 0 aliphatic heterocycles. The minimum atomic E-state index is -0.463. The lowest BCUT2D eigenvalue weighted by atomic mass is 10.1. The first-order chi connectivity index (χ1) is 5.57. The van der Waals surface area contributed by atoms with Crippen molar-refractivity contribution >= 4 is 11.7 Å². The zero-order valence-electron chi connectivity index (χ0n) is 7.59. The van der Waals surface area contributed by atoms with E-state index in [1.54, 1.807) is 7.05 Å². The number of hydrogen-bond acceptors (Lipinski definition) is 3. The van der Waals surface area contributed by atoms with Crippen molar-refractivity contribution in [1.29, 1.82) is 0 Å². The number of carbonyl (C=O) groups is 2. The summed E-state index contributed by atoms with van der Waals surface area (Å²) in [5, 5.41) is 2.68. The number of likely N-dealkylation sites (N-methyl/N-ethyl adjacent to an activating group) is 1. The summed E-state index contributed by atoms with van der Waals surface area (Å²) in [4.78, 5) is 20.9. The van der Waals surface area contributed by atoms with Gasteiger partial charge in [0.15, 0.2) is 0 Å². The fraction of sp³-hybridized carbons (Fsp3) is 0.500. The third kappa shape index (κ3) is 6.95. The van der Waals surface area contributed by atoms with Crippen LogP contribution in [0.4, 0.5) is 0 Å². The molecule has 0 saturated heterocycles. The number of carbonyl (C=O) groups excluding carboxylic acids is 2. The molecule has 70 valence electrons. The highest BCUT2D eigenvalue weighted by Crippen LogP contribution is 1.90. The van der Waals surface area contributed by atoms with Crippen molar-refractivity contribution in [2.45, 2.75) is 19.4 Å². The molecule has 12 heavy (non-hydrogen) atoms. The SMILES string of the molecule is C=C.CNC(CC(N)=O)C(C)=O. The molecule has 0 aromatic carbocycles. The van der Waals surface area contributed by atoms with Crippen LogP contribution < -0.4 is 11.1 Å². The topological polar surface area (TPSA) is 72.2 Å². The largest absolute Gasteiger partial charge is 0.370 e. The maximum atomic E-state index is 10.6. The predicted octanol–water partition coefficient (Wildman–Crippen LogP) is -0.159. The summed E-state index contributed by atoms with van der Waals surface area (Å²) in [6.07, 6.45) is 0.0752. The van der Waals surface area contributed by atoms with Gasteiger partial charge in [-0.25, -0.2) is 0 Å². The van der Waals surface area contributed by atoms with Gasteiger partial charge in [-0.15, -0.1) is 13.2 Å². The van der Waals surface area contributed by atoms with Crippen molar-refractivity contribution in [3.05, 3.63) is 13.2 Å². The van der Waals surface area contributed by atoms with Crippen LogP contribution >= 0.6 is 0 Å². The van der Waals surface area contributed by atoms with Gasteiger partial charge >= 0.3 is 0 Å². The Morgan fingerprint density at radius 2 is 1.92 bits per heavy atom. The highest BCUT2D eigenvalue weighted by molar-refractivity contribution is 5.87. The summed E-state index contributed by atoms with van der Waals surface area (Å²) in [5.74, 6) is -0.532. The maximum absolute atomic E-state index is 10.6. The summed E-state index contributed by atoms with van der Waals surface area (Å²) in [6.45, 7) is 7.42. The van der Waals surface area contributed by atoms with E-state index in [2.05, 4.69) is 18.5 Å². The van der Waals surface area contributed by atoms with E-state index in [4.69, 9.17) is 5.73 Å². The van der Waals surface area contributed by atoms with E-state index >= 15 is 0 Å². The molecule has 0 radical (unpaired) electrons. The van der Waals surface area contributed by atoms with E-state index in [1.807, 2.05) is 0 Å². The molecule has 0 saturated carbocycles. The lowest BCUT2D eigenvalue weighted by Gasteiger charge is -2.08. The summed E-state index contributed by atoms with van der Waals surface area (Å²) >= 11 is 0. The second-order valence-corrected chi connectivity index (χ2v) is 2.12. The van der Waals surface area contributed by atoms with Crippen LogP contribution in [-0.4, -0.2) is 24.8 Å². The van der Waals surface area contributed by atoms with Crippen LogP contribution in [0, 0.1) is 0 Å². The van der Waals surface area contributed by atoms with Gasteiger partial charge in [0.25, 0.3) is 0 Å². The van der Waals surface area contributed by atoms with Crippen LogP contribution in [0.5, 0.6) is 0 Å². The first kappa shape index (κ1) is 13.4. The van der Waals surface area contributed by atoms with Crippen LogP contribution in [-0.2, 0) is 9.59 Å². The summed E-state index contributed by atoms with van der Waals surface area (Å²) in [7, 11) is 1.62. The number of Topliss-reactive ketones (excluding diaryl/α,β-unsaturated/α-hetero) is 1. The van der Waals surface area contributed by atoms with Gasteiger partial charge < -0.3 is 11.1 Å². The van der Waals surface area contributed by atoms with Crippen molar-refractivity contribution in [3.8, 4) is 0 Å². The summed E-state index contributed by atoms with van der Waals surface area (Å²) in [5.41, 5.74) is 4.88. The summed E-state index contributed by atoms with van der Waals surface area (Å²) < 4.78 is 0. The minimum absolute atomic E-state index is 0.0682. The molecule has 0 spiro atoms. The first-order valence-electron chi connectivity index (χ1n) is 3.54. The van der Waals surface area contributed by atoms with Crippen molar-refractivity contribution in [2.75, 3.05) is 7.05 Å². The molecule has 3 N–H and O–H groups in total. The highest BCUT2D eigenvalue weighted by Gasteiger charge is 2.13. The van der Waals surface area contributed by atoms with Crippen LogP contribution in [0.1, 0.15) is 13.3 Å². The standard InChI is InChI=1S/C6H12N2O2.C2H4/c1-4(9)5(8-2)3-6(7)10;1-2/h5,8H,3H2,1-2H3,(H2,7,10);1-2H2. The number of amides is 1. The fourth-order valence-electron chi connectivity index (χ4n) is 0.650. The van der Waals surface area contributed by atoms with Gasteiger partial charge in [-0.1, -0.05) is 0 Å². The molecule has 4 heteroatoms. The van der Waals surface area contributed by atoms with Gasteiger partial charge in [0, 0.05) is 6.42 Å². The van der Waals surface area contributed by atoms with Crippen molar-refractivity contribution in [3.63, 3.8) is 0 Å². The number of nitrogens with two attached hydrogens (primary N) is 1. The van der Waals surface area contributed by atoms with Crippen molar-refractivity contribution in [2.24, 2.45) is 5.73 Å². The number of rotatable bonds is 4. The number of hydrogen-bond donors (Lipinski definition) is 2. The number of ketones is 1. The van der Waals surface area contributed by atoms with Gasteiger partial charge in [0.1, 0.15) is 5.78 Å². The first-order valence-corrected chi connectivity index (χ1v) is 3.54. The fourth-order valence-corrected chi connectivity index (χ4v) is 0.650. The quantitative estimate of drug-likeness (QED) is 0.579. The predicted molar refractivity (Wildman–Crippen MR) is 48.6 cm³/mol. The molecule has 4 nitrogen and oxygen atoms in total. The van der Waals surface area contributed by atoms with Gasteiger partial charge in [-0.3, -0.25) is 9.59 Å². The van der Waals surface area contributed by atoms with Crippen LogP contribution in [0.25, 0.3) is 0 Å². The Bertz CT molecular complexity index is 157. The zero-order chi connectivity index (χ0) is 10.1. The molecule has 0 aliphatic rings. The van der Waals surface area contributed by atoms with Gasteiger partial charge in [-0.05, 0) is 14.0 Å². The van der Waals surface area contributed by atoms with Gasteiger partial charge in [-0.2, -0.15) is 0 Å². The van der Waals surface area contributed by atoms with Gasteiger partial charge in [0.2, 0.25) is 5.91 Å². The Balaban J connectivity index is 0. The molecule has 0 aromatic rings. The average Bonchev–Trinajstić information content (AvgIpc) is 2.03.